The Morgan fingerprint density at radius 2 is 1.47 bits per heavy atom. The maximum atomic E-state index is 2.28. The van der Waals surface area contributed by atoms with Crippen LogP contribution < -0.4 is 10.9 Å². The van der Waals surface area contributed by atoms with Gasteiger partial charge in [0.1, 0.15) is 0 Å². The van der Waals surface area contributed by atoms with Crippen molar-refractivity contribution in [1.29, 1.82) is 0 Å². The number of hydrogen-bond acceptors (Lipinski definition) is 0. The first-order valence-corrected chi connectivity index (χ1v) is 5.27. The largest absolute Gasteiger partial charge is 0.234 e. The Kier molecular flexibility index (Phi) is 1.95. The van der Waals surface area contributed by atoms with Gasteiger partial charge in [-0.3, -0.25) is 0 Å². The van der Waals surface area contributed by atoms with E-state index >= 15 is 0 Å². The predicted molar refractivity (Wildman–Crippen MR) is 66.9 cm³/mol. The van der Waals surface area contributed by atoms with Crippen molar-refractivity contribution in [1.82, 2.24) is 0 Å². The third-order valence-electron chi connectivity index (χ3n) is 2.96. The van der Waals surface area contributed by atoms with Gasteiger partial charge in [-0.25, -0.2) is 0 Å². The van der Waals surface area contributed by atoms with Crippen LogP contribution in [0.15, 0.2) is 60.6 Å². The van der Waals surface area contributed by atoms with E-state index in [4.69, 9.17) is 0 Å². The van der Waals surface area contributed by atoms with E-state index in [0.29, 0.717) is 6.71 Å². The van der Waals surface area contributed by atoms with Gasteiger partial charge in [0, 0.05) is 0 Å². The van der Waals surface area contributed by atoms with E-state index in [0.717, 1.165) is 0 Å². The molecule has 1 aliphatic heterocycles. The molecule has 3 rings (SSSR count). The molecule has 0 bridgehead atoms. The van der Waals surface area contributed by atoms with Crippen LogP contribution in [0.4, 0.5) is 0 Å². The van der Waals surface area contributed by atoms with E-state index in [9.17, 15) is 0 Å². The third kappa shape index (κ3) is 1.40. The molecule has 2 aromatic rings. The lowest BCUT2D eigenvalue weighted by atomic mass is 9.42. The first-order chi connectivity index (χ1) is 7.45. The molecule has 0 saturated carbocycles. The summed E-state index contributed by atoms with van der Waals surface area (Å²) in [7, 11) is 0. The summed E-state index contributed by atoms with van der Waals surface area (Å²) in [5.41, 5.74) is 4.15. The molecule has 1 heterocycles. The van der Waals surface area contributed by atoms with Crippen molar-refractivity contribution in [3.05, 3.63) is 66.1 Å². The lowest BCUT2D eigenvalue weighted by Crippen LogP contribution is -2.39. The minimum absolute atomic E-state index is 0.447. The van der Waals surface area contributed by atoms with Crippen LogP contribution in [0.25, 0.3) is 6.08 Å². The van der Waals surface area contributed by atoms with Gasteiger partial charge in [-0.15, -0.1) is 5.98 Å². The maximum Gasteiger partial charge on any atom is 0.234 e. The summed E-state index contributed by atoms with van der Waals surface area (Å²) in [5, 5.41) is 0. The monoisotopic (exact) mass is 190 g/mol. The van der Waals surface area contributed by atoms with Gasteiger partial charge in [0.25, 0.3) is 0 Å². The summed E-state index contributed by atoms with van der Waals surface area (Å²) in [6, 6.07) is 19.2. The Hall–Kier alpha value is -1.76. The number of rotatable bonds is 1. The SMILES string of the molecule is C1=Cc2ccccc2B1c1ccccc1. The Morgan fingerprint density at radius 3 is 2.33 bits per heavy atom. The Morgan fingerprint density at radius 1 is 0.733 bits per heavy atom. The van der Waals surface area contributed by atoms with Crippen LogP contribution in [-0.4, -0.2) is 6.71 Å². The van der Waals surface area contributed by atoms with Crippen LogP contribution in [0.3, 0.4) is 0 Å². The zero-order valence-corrected chi connectivity index (χ0v) is 8.43. The van der Waals surface area contributed by atoms with Crippen molar-refractivity contribution in [2.75, 3.05) is 0 Å². The Labute approximate surface area is 90.3 Å². The molecule has 70 valence electrons. The molecule has 0 unspecified atom stereocenters. The van der Waals surface area contributed by atoms with Crippen LogP contribution in [0, 0.1) is 0 Å². The minimum atomic E-state index is 0.447. The van der Waals surface area contributed by atoms with Crippen LogP contribution in [0.5, 0.6) is 0 Å². The Bertz CT molecular complexity index is 500. The smallest absolute Gasteiger partial charge is 0.105 e. The molecule has 0 saturated heterocycles. The fourth-order valence-corrected chi connectivity index (χ4v) is 2.20. The molecule has 15 heavy (non-hydrogen) atoms. The average Bonchev–Trinajstić information content (AvgIpc) is 2.74. The number of benzene rings is 2. The highest BCUT2D eigenvalue weighted by atomic mass is 14.0. The van der Waals surface area contributed by atoms with Gasteiger partial charge in [0.2, 0.25) is 6.71 Å². The molecule has 0 spiro atoms. The molecule has 0 N–H and O–H groups in total. The van der Waals surface area contributed by atoms with E-state index in [-0.39, 0.29) is 0 Å². The summed E-state index contributed by atoms with van der Waals surface area (Å²) in [5.74, 6) is 2.28. The van der Waals surface area contributed by atoms with Gasteiger partial charge in [-0.1, -0.05) is 71.6 Å². The first kappa shape index (κ1) is 8.54. The maximum absolute atomic E-state index is 2.28. The van der Waals surface area contributed by atoms with Gasteiger partial charge in [-0.05, 0) is 5.56 Å². The van der Waals surface area contributed by atoms with Crippen LogP contribution >= 0.6 is 0 Å². The van der Waals surface area contributed by atoms with Gasteiger partial charge in [0.05, 0.1) is 0 Å². The fraction of sp³-hybridized carbons (Fsp3) is 0. The predicted octanol–water partition coefficient (Wildman–Crippen LogP) is 1.86. The Balaban J connectivity index is 2.09. The van der Waals surface area contributed by atoms with E-state index in [1.54, 1.807) is 0 Å². The molecular formula is C14H11B. The average molecular weight is 190 g/mol. The summed E-state index contributed by atoms with van der Waals surface area (Å²) < 4.78 is 0. The van der Waals surface area contributed by atoms with Crippen molar-refractivity contribution in [3.8, 4) is 0 Å². The molecular weight excluding hydrogens is 179 g/mol. The molecule has 0 fully saturated rings. The van der Waals surface area contributed by atoms with Crippen molar-refractivity contribution < 1.29 is 0 Å². The second-order valence-electron chi connectivity index (χ2n) is 3.88. The summed E-state index contributed by atoms with van der Waals surface area (Å²) in [6.45, 7) is 0.447. The zero-order chi connectivity index (χ0) is 10.1. The van der Waals surface area contributed by atoms with E-state index in [1.165, 1.54) is 16.5 Å². The van der Waals surface area contributed by atoms with Crippen LogP contribution in [0.1, 0.15) is 5.56 Å². The second-order valence-corrected chi connectivity index (χ2v) is 3.88. The highest BCUT2D eigenvalue weighted by molar-refractivity contribution is 6.91. The topological polar surface area (TPSA) is 0 Å². The van der Waals surface area contributed by atoms with Crippen LogP contribution in [0.2, 0.25) is 0 Å². The molecule has 0 aliphatic carbocycles. The third-order valence-corrected chi connectivity index (χ3v) is 2.96. The van der Waals surface area contributed by atoms with Crippen molar-refractivity contribution in [3.63, 3.8) is 0 Å². The first-order valence-electron chi connectivity index (χ1n) is 5.27. The molecule has 0 atom stereocenters. The molecule has 0 amide bonds. The van der Waals surface area contributed by atoms with Crippen LogP contribution in [-0.2, 0) is 0 Å². The number of hydrogen-bond donors (Lipinski definition) is 0. The molecule has 2 aromatic carbocycles. The molecule has 0 aromatic heterocycles. The zero-order valence-electron chi connectivity index (χ0n) is 8.43. The molecule has 0 radical (unpaired) electrons. The lowest BCUT2D eigenvalue weighted by molar-refractivity contribution is 1.72. The summed E-state index contributed by atoms with van der Waals surface area (Å²) in [6.07, 6.45) is 2.22. The van der Waals surface area contributed by atoms with Crippen molar-refractivity contribution in [2.45, 2.75) is 0 Å². The van der Waals surface area contributed by atoms with Gasteiger partial charge >= 0.3 is 0 Å². The molecule has 1 heteroatoms. The highest BCUT2D eigenvalue weighted by Crippen LogP contribution is 2.09. The lowest BCUT2D eigenvalue weighted by Gasteiger charge is -2.07. The molecule has 0 nitrogen and oxygen atoms in total. The quantitative estimate of drug-likeness (QED) is 0.602. The van der Waals surface area contributed by atoms with Gasteiger partial charge in [0.15, 0.2) is 0 Å². The fourth-order valence-electron chi connectivity index (χ4n) is 2.20. The standard InChI is InChI=1S/C14H11B/c1-2-7-13(8-3-1)15-11-10-12-6-4-5-9-14(12)15/h1-11H. The summed E-state index contributed by atoms with van der Waals surface area (Å²) >= 11 is 0. The minimum Gasteiger partial charge on any atom is -0.105 e. The molecule has 1 aliphatic rings. The number of fused-ring (bicyclic) bond motifs is 1. The van der Waals surface area contributed by atoms with Crippen molar-refractivity contribution >= 4 is 23.7 Å². The second kappa shape index (κ2) is 3.43. The van der Waals surface area contributed by atoms with E-state index in [1.807, 2.05) is 0 Å². The van der Waals surface area contributed by atoms with Gasteiger partial charge in [-0.2, -0.15) is 0 Å². The summed E-state index contributed by atoms with van der Waals surface area (Å²) in [4.78, 5) is 0. The highest BCUT2D eigenvalue weighted by Gasteiger charge is 2.21. The van der Waals surface area contributed by atoms with Gasteiger partial charge < -0.3 is 0 Å². The van der Waals surface area contributed by atoms with Crippen molar-refractivity contribution in [2.24, 2.45) is 0 Å². The normalized spacial score (nSPS) is 12.9. The van der Waals surface area contributed by atoms with E-state index in [2.05, 4.69) is 66.6 Å². The van der Waals surface area contributed by atoms with E-state index < -0.39 is 0 Å².